The first kappa shape index (κ1) is 24.9. The Labute approximate surface area is 199 Å². The minimum atomic E-state index is -0.577. The third-order valence-corrected chi connectivity index (χ3v) is 5.13. The predicted molar refractivity (Wildman–Crippen MR) is 128 cm³/mol. The van der Waals surface area contributed by atoms with Crippen LogP contribution in [-0.4, -0.2) is 65.8 Å². The Bertz CT molecular complexity index is 1020. The second-order valence-electron chi connectivity index (χ2n) is 8.95. The van der Waals surface area contributed by atoms with Crippen LogP contribution < -0.4 is 25.8 Å². The van der Waals surface area contributed by atoms with Gasteiger partial charge >= 0.3 is 6.09 Å². The number of carbonyl (C=O) groups excluding carboxylic acids is 2. The van der Waals surface area contributed by atoms with Crippen molar-refractivity contribution in [2.75, 3.05) is 43.7 Å². The van der Waals surface area contributed by atoms with Crippen molar-refractivity contribution in [3.05, 3.63) is 30.1 Å². The largest absolute Gasteiger partial charge is 0.497 e. The standard InChI is InChI=1S/C23H32N6O5/c1-23(2,3)34-22(31)29-8-6-7-14(12-29)27-20-18(19(24)25-13-26-20)21(30)28-15-9-16(32-4)11-17(10-15)33-5/h9-11,13-14H,6-8,12H2,1-5H3,(H,28,30)(H3,24,25,26,27)/t14-/m1/s1. The number of nitrogens with one attached hydrogen (secondary N) is 2. The van der Waals surface area contributed by atoms with Crippen molar-refractivity contribution >= 4 is 29.3 Å². The van der Waals surface area contributed by atoms with Crippen molar-refractivity contribution in [1.82, 2.24) is 14.9 Å². The Morgan fingerprint density at radius 1 is 1.12 bits per heavy atom. The second kappa shape index (κ2) is 10.4. The van der Waals surface area contributed by atoms with Gasteiger partial charge in [0.15, 0.2) is 0 Å². The molecule has 1 aliphatic heterocycles. The van der Waals surface area contributed by atoms with Crippen LogP contribution in [0.15, 0.2) is 24.5 Å². The highest BCUT2D eigenvalue weighted by Gasteiger charge is 2.29. The molecule has 11 nitrogen and oxygen atoms in total. The lowest BCUT2D eigenvalue weighted by Crippen LogP contribution is -2.47. The molecule has 2 aromatic rings. The highest BCUT2D eigenvalue weighted by molar-refractivity contribution is 6.10. The normalized spacial score (nSPS) is 15.9. The fraction of sp³-hybridized carbons (Fsp3) is 0.478. The zero-order valence-electron chi connectivity index (χ0n) is 20.2. The van der Waals surface area contributed by atoms with Crippen LogP contribution in [0.1, 0.15) is 44.0 Å². The van der Waals surface area contributed by atoms with Crippen molar-refractivity contribution < 1.29 is 23.8 Å². The Balaban J connectivity index is 1.77. The van der Waals surface area contributed by atoms with Crippen LogP contribution in [0.3, 0.4) is 0 Å². The molecule has 3 rings (SSSR count). The molecule has 1 fully saturated rings. The third-order valence-electron chi connectivity index (χ3n) is 5.13. The van der Waals surface area contributed by atoms with Gasteiger partial charge in [0.2, 0.25) is 0 Å². The van der Waals surface area contributed by atoms with Crippen LogP contribution in [0.25, 0.3) is 0 Å². The van der Waals surface area contributed by atoms with Crippen molar-refractivity contribution in [3.63, 3.8) is 0 Å². The van der Waals surface area contributed by atoms with Gasteiger partial charge in [0.1, 0.15) is 40.6 Å². The summed E-state index contributed by atoms with van der Waals surface area (Å²) in [6, 6.07) is 4.88. The van der Waals surface area contributed by atoms with E-state index in [1.807, 2.05) is 20.8 Å². The summed E-state index contributed by atoms with van der Waals surface area (Å²) in [5.41, 5.74) is 6.05. The Kier molecular flexibility index (Phi) is 7.64. The summed E-state index contributed by atoms with van der Waals surface area (Å²) in [5, 5.41) is 6.05. The lowest BCUT2D eigenvalue weighted by atomic mass is 10.1. The molecule has 1 atom stereocenters. The molecule has 1 aliphatic rings. The molecule has 1 aromatic heterocycles. The smallest absolute Gasteiger partial charge is 0.410 e. The molecular weight excluding hydrogens is 440 g/mol. The number of likely N-dealkylation sites (tertiary alicyclic amines) is 1. The molecular formula is C23H32N6O5. The predicted octanol–water partition coefficient (Wildman–Crippen LogP) is 3.14. The molecule has 0 bridgehead atoms. The molecule has 2 heterocycles. The number of hydrogen-bond acceptors (Lipinski definition) is 9. The Hall–Kier alpha value is -3.76. The number of anilines is 3. The first-order chi connectivity index (χ1) is 16.1. The van der Waals surface area contributed by atoms with Gasteiger partial charge in [-0.05, 0) is 33.6 Å². The fourth-order valence-corrected chi connectivity index (χ4v) is 3.59. The van der Waals surface area contributed by atoms with Crippen LogP contribution in [0.2, 0.25) is 0 Å². The van der Waals surface area contributed by atoms with Crippen molar-refractivity contribution in [2.45, 2.75) is 45.3 Å². The van der Waals surface area contributed by atoms with Gasteiger partial charge in [0.05, 0.1) is 14.2 Å². The van der Waals surface area contributed by atoms with Gasteiger partial charge in [0, 0.05) is 43.0 Å². The van der Waals surface area contributed by atoms with Gasteiger partial charge in [-0.2, -0.15) is 0 Å². The van der Waals surface area contributed by atoms with Gasteiger partial charge in [-0.3, -0.25) is 4.79 Å². The molecule has 184 valence electrons. The molecule has 0 aliphatic carbocycles. The summed E-state index contributed by atoms with van der Waals surface area (Å²) in [5.74, 6) is 0.876. The SMILES string of the molecule is COc1cc(NC(=O)c2c(N)ncnc2N[C@@H]2CCCN(C(=O)OC(C)(C)C)C2)cc(OC)c1. The van der Waals surface area contributed by atoms with E-state index in [-0.39, 0.29) is 29.3 Å². The number of hydrogen-bond donors (Lipinski definition) is 3. The second-order valence-corrected chi connectivity index (χ2v) is 8.95. The van der Waals surface area contributed by atoms with E-state index < -0.39 is 11.5 Å². The topological polar surface area (TPSA) is 141 Å². The van der Waals surface area contributed by atoms with E-state index in [9.17, 15) is 9.59 Å². The average molecular weight is 473 g/mol. The molecule has 0 unspecified atom stereocenters. The van der Waals surface area contributed by atoms with E-state index in [1.54, 1.807) is 23.1 Å². The highest BCUT2D eigenvalue weighted by Crippen LogP contribution is 2.28. The van der Waals surface area contributed by atoms with E-state index in [1.165, 1.54) is 20.5 Å². The lowest BCUT2D eigenvalue weighted by Gasteiger charge is -2.34. The number of rotatable bonds is 6. The van der Waals surface area contributed by atoms with Crippen LogP contribution in [0.4, 0.5) is 22.1 Å². The van der Waals surface area contributed by atoms with Gasteiger partial charge in [-0.25, -0.2) is 14.8 Å². The van der Waals surface area contributed by atoms with E-state index in [0.717, 1.165) is 12.8 Å². The number of piperidine rings is 1. The van der Waals surface area contributed by atoms with Crippen LogP contribution in [0, 0.1) is 0 Å². The minimum absolute atomic E-state index is 0.0321. The van der Waals surface area contributed by atoms with Crippen molar-refractivity contribution in [3.8, 4) is 11.5 Å². The summed E-state index contributed by atoms with van der Waals surface area (Å²) < 4.78 is 16.0. The number of nitrogens with two attached hydrogens (primary N) is 1. The highest BCUT2D eigenvalue weighted by atomic mass is 16.6. The number of nitrogens with zero attached hydrogens (tertiary/aromatic N) is 3. The Morgan fingerprint density at radius 3 is 2.41 bits per heavy atom. The summed E-state index contributed by atoms with van der Waals surface area (Å²) in [7, 11) is 3.05. The molecule has 0 saturated carbocycles. The monoisotopic (exact) mass is 472 g/mol. The van der Waals surface area contributed by atoms with Gasteiger partial charge < -0.3 is 35.5 Å². The number of amides is 2. The molecule has 1 aromatic carbocycles. The number of ether oxygens (including phenoxy) is 3. The number of methoxy groups -OCH3 is 2. The average Bonchev–Trinajstić information content (AvgIpc) is 2.77. The number of benzene rings is 1. The minimum Gasteiger partial charge on any atom is -0.497 e. The summed E-state index contributed by atoms with van der Waals surface area (Å²) in [6.07, 6.45) is 2.49. The maximum absolute atomic E-state index is 13.1. The lowest BCUT2D eigenvalue weighted by molar-refractivity contribution is 0.0206. The summed E-state index contributed by atoms with van der Waals surface area (Å²) in [6.45, 7) is 6.50. The maximum atomic E-state index is 13.1. The van der Waals surface area contributed by atoms with E-state index in [4.69, 9.17) is 19.9 Å². The summed E-state index contributed by atoms with van der Waals surface area (Å²) in [4.78, 5) is 35.5. The maximum Gasteiger partial charge on any atom is 0.410 e. The number of nitrogen functional groups attached to an aromatic ring is 1. The van der Waals surface area contributed by atoms with Gasteiger partial charge in [-0.1, -0.05) is 0 Å². The quantitative estimate of drug-likeness (QED) is 0.578. The molecule has 2 amide bonds. The van der Waals surface area contributed by atoms with Crippen molar-refractivity contribution in [2.24, 2.45) is 0 Å². The van der Waals surface area contributed by atoms with Crippen LogP contribution in [-0.2, 0) is 4.74 Å². The van der Waals surface area contributed by atoms with Gasteiger partial charge in [-0.15, -0.1) is 0 Å². The van der Waals surface area contributed by atoms with Gasteiger partial charge in [0.25, 0.3) is 5.91 Å². The molecule has 4 N–H and O–H groups in total. The fourth-order valence-electron chi connectivity index (χ4n) is 3.59. The molecule has 34 heavy (non-hydrogen) atoms. The Morgan fingerprint density at radius 2 is 1.79 bits per heavy atom. The molecule has 0 radical (unpaired) electrons. The number of aromatic nitrogens is 2. The zero-order valence-corrected chi connectivity index (χ0v) is 20.2. The number of carbonyl (C=O) groups is 2. The summed E-state index contributed by atoms with van der Waals surface area (Å²) >= 11 is 0. The zero-order chi connectivity index (χ0) is 24.9. The van der Waals surface area contributed by atoms with Crippen LogP contribution >= 0.6 is 0 Å². The first-order valence-corrected chi connectivity index (χ1v) is 11.0. The molecule has 11 heteroatoms. The van der Waals surface area contributed by atoms with E-state index in [0.29, 0.717) is 30.3 Å². The van der Waals surface area contributed by atoms with Crippen molar-refractivity contribution in [1.29, 1.82) is 0 Å². The van der Waals surface area contributed by atoms with Crippen LogP contribution in [0.5, 0.6) is 11.5 Å². The molecule has 1 saturated heterocycles. The van der Waals surface area contributed by atoms with E-state index >= 15 is 0 Å². The molecule has 0 spiro atoms. The van der Waals surface area contributed by atoms with E-state index in [2.05, 4.69) is 20.6 Å². The third kappa shape index (κ3) is 6.40. The first-order valence-electron chi connectivity index (χ1n) is 11.0.